The summed E-state index contributed by atoms with van der Waals surface area (Å²) in [4.78, 5) is 35.2. The zero-order valence-electron chi connectivity index (χ0n) is 20.5. The molecule has 0 unspecified atom stereocenters. The summed E-state index contributed by atoms with van der Waals surface area (Å²) in [5, 5.41) is 2.68. The van der Waals surface area contributed by atoms with Gasteiger partial charge in [-0.1, -0.05) is 37.2 Å². The van der Waals surface area contributed by atoms with Gasteiger partial charge in [-0.3, -0.25) is 14.5 Å². The molecule has 0 spiro atoms. The number of thiophene rings is 1. The smallest absolute Gasteiger partial charge is 0.222 e. The van der Waals surface area contributed by atoms with E-state index < -0.39 is 0 Å². The maximum Gasteiger partial charge on any atom is 0.222 e. The van der Waals surface area contributed by atoms with Crippen molar-refractivity contribution in [1.82, 2.24) is 14.8 Å². The number of carbonyl (C=O) groups is 2. The molecule has 5 rings (SSSR count). The Morgan fingerprint density at radius 1 is 1.16 bits per heavy atom. The number of hydrogen-bond donors (Lipinski definition) is 1. The number of nitrogens with zero attached hydrogens (tertiary/aromatic N) is 3. The fourth-order valence-electron chi connectivity index (χ4n) is 5.35. The van der Waals surface area contributed by atoms with E-state index in [-0.39, 0.29) is 13.2 Å². The van der Waals surface area contributed by atoms with Gasteiger partial charge in [-0.25, -0.2) is 4.98 Å². The van der Waals surface area contributed by atoms with E-state index in [4.69, 9.17) is 17.3 Å². The van der Waals surface area contributed by atoms with E-state index in [0.29, 0.717) is 35.5 Å². The van der Waals surface area contributed by atoms with Gasteiger partial charge in [0.1, 0.15) is 5.82 Å². The predicted octanol–water partition coefficient (Wildman–Crippen LogP) is 6.21. The molecule has 2 aromatic heterocycles. The molecule has 2 fully saturated rings. The minimum atomic E-state index is 0. The quantitative estimate of drug-likeness (QED) is 0.326. The molecular formula is C29H37ClN4O2S. The lowest BCUT2D eigenvalue weighted by atomic mass is 9.93. The number of anilines is 1. The molecule has 1 amide bonds. The Bertz CT molecular complexity index is 1250. The van der Waals surface area contributed by atoms with Crippen LogP contribution in [0.15, 0.2) is 36.5 Å². The molecule has 6 nitrogen and oxygen atoms in total. The fourth-order valence-corrected chi connectivity index (χ4v) is 6.77. The first kappa shape index (κ1) is 27.6. The second-order valence-corrected chi connectivity index (χ2v) is 11.6. The van der Waals surface area contributed by atoms with Gasteiger partial charge in [-0.2, -0.15) is 0 Å². The fraction of sp³-hybridized carbons (Fsp3) is 0.483. The van der Waals surface area contributed by atoms with Gasteiger partial charge in [0.05, 0.1) is 9.90 Å². The number of Topliss-reactive ketones (excluding diaryl/α,β-unsaturated/α-hetero) is 1. The summed E-state index contributed by atoms with van der Waals surface area (Å²) >= 11 is 8.08. The minimum Gasteiger partial charge on any atom is -0.383 e. The lowest BCUT2D eigenvalue weighted by Gasteiger charge is -2.32. The Labute approximate surface area is 228 Å². The number of halogens is 1. The number of likely N-dealkylation sites (tertiary alicyclic amines) is 2. The van der Waals surface area contributed by atoms with Gasteiger partial charge in [0.2, 0.25) is 5.91 Å². The molecule has 37 heavy (non-hydrogen) atoms. The lowest BCUT2D eigenvalue weighted by Crippen LogP contribution is -2.35. The summed E-state index contributed by atoms with van der Waals surface area (Å²) in [6.45, 7) is 4.73. The lowest BCUT2D eigenvalue weighted by molar-refractivity contribution is -0.127. The Hall–Kier alpha value is -2.48. The zero-order valence-corrected chi connectivity index (χ0v) is 22.1. The zero-order chi connectivity index (χ0) is 25.1. The molecule has 4 heterocycles. The van der Waals surface area contributed by atoms with Crippen molar-refractivity contribution in [2.45, 2.75) is 58.9 Å². The van der Waals surface area contributed by atoms with Crippen LogP contribution in [-0.2, 0) is 17.8 Å². The molecule has 0 aliphatic carbocycles. The molecule has 198 valence electrons. The highest BCUT2D eigenvalue weighted by molar-refractivity contribution is 7.14. The highest BCUT2D eigenvalue weighted by Crippen LogP contribution is 2.31. The molecular weight excluding hydrogens is 504 g/mol. The second kappa shape index (κ2) is 12.4. The first-order valence-electron chi connectivity index (χ1n) is 12.9. The summed E-state index contributed by atoms with van der Waals surface area (Å²) < 4.78 is 0. The maximum absolute atomic E-state index is 12.9. The van der Waals surface area contributed by atoms with Crippen molar-refractivity contribution in [2.24, 2.45) is 5.92 Å². The molecule has 0 radical (unpaired) electrons. The summed E-state index contributed by atoms with van der Waals surface area (Å²) in [7, 11) is 0. The average molecular weight is 541 g/mol. The average Bonchev–Trinajstić information content (AvgIpc) is 3.47. The third-order valence-electron chi connectivity index (χ3n) is 7.59. The number of aryl methyl sites for hydroxylation is 1. The van der Waals surface area contributed by atoms with Gasteiger partial charge in [-0.15, -0.1) is 11.3 Å². The number of piperidine rings is 1. The normalized spacial score (nSPS) is 16.9. The maximum atomic E-state index is 12.9. The number of pyridine rings is 1. The SMILES string of the molecule is C.Nc1nccc2cc(CCC(=O)c3cc(Cl)c(CN4CCC(CCN5CCCC5=O)CC4)s3)ccc12. The number of aromatic nitrogens is 1. The monoisotopic (exact) mass is 540 g/mol. The highest BCUT2D eigenvalue weighted by Gasteiger charge is 2.24. The molecule has 8 heteroatoms. The van der Waals surface area contributed by atoms with Gasteiger partial charge in [-0.05, 0) is 74.2 Å². The first-order chi connectivity index (χ1) is 17.5. The number of rotatable bonds is 9. The number of carbonyl (C=O) groups excluding carboxylic acids is 2. The summed E-state index contributed by atoms with van der Waals surface area (Å²) in [6, 6.07) is 9.87. The molecule has 0 atom stereocenters. The van der Waals surface area contributed by atoms with Crippen LogP contribution in [0.3, 0.4) is 0 Å². The third kappa shape index (κ3) is 6.70. The van der Waals surface area contributed by atoms with Crippen LogP contribution in [0.25, 0.3) is 10.8 Å². The van der Waals surface area contributed by atoms with Crippen LogP contribution in [0.5, 0.6) is 0 Å². The van der Waals surface area contributed by atoms with Crippen molar-refractivity contribution in [3.8, 4) is 0 Å². The van der Waals surface area contributed by atoms with Crippen molar-refractivity contribution in [3.05, 3.63) is 56.9 Å². The molecule has 1 aromatic carbocycles. The van der Waals surface area contributed by atoms with E-state index in [1.807, 2.05) is 29.2 Å². The van der Waals surface area contributed by atoms with E-state index in [0.717, 1.165) is 90.9 Å². The number of fused-ring (bicyclic) bond motifs is 1. The van der Waals surface area contributed by atoms with Crippen molar-refractivity contribution in [1.29, 1.82) is 0 Å². The van der Waals surface area contributed by atoms with Gasteiger partial charge < -0.3 is 10.6 Å². The Balaban J connectivity index is 0.00000320. The number of hydrogen-bond acceptors (Lipinski definition) is 6. The van der Waals surface area contributed by atoms with Crippen molar-refractivity contribution in [2.75, 3.05) is 31.9 Å². The second-order valence-electron chi connectivity index (χ2n) is 10.0. The number of amides is 1. The van der Waals surface area contributed by atoms with Gasteiger partial charge in [0, 0.05) is 48.9 Å². The standard InChI is InChI=1S/C28H33ClN4O2S.CH4/c29-23-17-25(24(34)6-4-20-3-5-22-21(16-20)7-11-31-28(22)30)36-26(23)18-32-13-8-19(9-14-32)10-15-33-12-1-2-27(33)35;/h3,5,7,11,16-17,19H,1-2,4,6,8-10,12-15,18H2,(H2,30,31);1H4. The van der Waals surface area contributed by atoms with Gasteiger partial charge in [0.25, 0.3) is 0 Å². The first-order valence-corrected chi connectivity index (χ1v) is 14.1. The van der Waals surface area contributed by atoms with Crippen LogP contribution in [0.1, 0.15) is 66.1 Å². The van der Waals surface area contributed by atoms with E-state index in [9.17, 15) is 9.59 Å². The Kier molecular flexibility index (Phi) is 9.22. The highest BCUT2D eigenvalue weighted by atomic mass is 35.5. The van der Waals surface area contributed by atoms with Gasteiger partial charge >= 0.3 is 0 Å². The Morgan fingerprint density at radius 2 is 1.97 bits per heavy atom. The van der Waals surface area contributed by atoms with Crippen LogP contribution >= 0.6 is 22.9 Å². The van der Waals surface area contributed by atoms with Crippen molar-refractivity contribution >= 4 is 51.2 Å². The van der Waals surface area contributed by atoms with E-state index in [1.165, 1.54) is 11.3 Å². The van der Waals surface area contributed by atoms with E-state index >= 15 is 0 Å². The number of nitrogen functional groups attached to an aromatic ring is 1. The molecule has 0 saturated carbocycles. The van der Waals surface area contributed by atoms with Crippen LogP contribution in [0, 0.1) is 5.92 Å². The third-order valence-corrected chi connectivity index (χ3v) is 9.20. The molecule has 2 aliphatic heterocycles. The molecule has 2 aliphatic rings. The summed E-state index contributed by atoms with van der Waals surface area (Å²) in [5.41, 5.74) is 7.06. The molecule has 0 bridgehead atoms. The van der Waals surface area contributed by atoms with E-state index in [1.54, 1.807) is 6.20 Å². The molecule has 2 N–H and O–H groups in total. The van der Waals surface area contributed by atoms with Gasteiger partial charge in [0.15, 0.2) is 5.78 Å². The van der Waals surface area contributed by atoms with Crippen LogP contribution < -0.4 is 5.73 Å². The van der Waals surface area contributed by atoms with Crippen molar-refractivity contribution < 1.29 is 9.59 Å². The van der Waals surface area contributed by atoms with E-state index in [2.05, 4.69) is 16.0 Å². The minimum absolute atomic E-state index is 0. The largest absolute Gasteiger partial charge is 0.383 e. The number of nitrogens with two attached hydrogens (primary N) is 1. The topological polar surface area (TPSA) is 79.5 Å². The Morgan fingerprint density at radius 3 is 2.73 bits per heavy atom. The molecule has 2 saturated heterocycles. The summed E-state index contributed by atoms with van der Waals surface area (Å²) in [6.07, 6.45) is 8.00. The number of benzene rings is 1. The number of ketones is 1. The summed E-state index contributed by atoms with van der Waals surface area (Å²) in [5.74, 6) is 1.68. The van der Waals surface area contributed by atoms with Crippen LogP contribution in [0.4, 0.5) is 5.82 Å². The van der Waals surface area contributed by atoms with Crippen LogP contribution in [-0.4, -0.2) is 52.7 Å². The van der Waals surface area contributed by atoms with Crippen LogP contribution in [0.2, 0.25) is 5.02 Å². The van der Waals surface area contributed by atoms with Crippen molar-refractivity contribution in [3.63, 3.8) is 0 Å². The predicted molar refractivity (Wildman–Crippen MR) is 153 cm³/mol. The molecule has 3 aromatic rings.